The van der Waals surface area contributed by atoms with Gasteiger partial charge in [0.25, 0.3) is 11.8 Å². The van der Waals surface area contributed by atoms with Crippen LogP contribution in [-0.4, -0.2) is 33.3 Å². The van der Waals surface area contributed by atoms with Crippen molar-refractivity contribution in [3.8, 4) is 0 Å². The van der Waals surface area contributed by atoms with Crippen LogP contribution >= 0.6 is 0 Å². The van der Waals surface area contributed by atoms with Crippen LogP contribution in [0.15, 0.2) is 53.4 Å². The fraction of sp³-hybridized carbons (Fsp3) is 0.0625. The Morgan fingerprint density at radius 3 is 2.17 bits per heavy atom. The van der Waals surface area contributed by atoms with Gasteiger partial charge >= 0.3 is 5.97 Å². The van der Waals surface area contributed by atoms with Gasteiger partial charge in [0.2, 0.25) is 0 Å². The van der Waals surface area contributed by atoms with E-state index in [-0.39, 0.29) is 16.7 Å². The van der Waals surface area contributed by atoms with Crippen molar-refractivity contribution >= 4 is 28.6 Å². The Labute approximate surface area is 134 Å². The molecule has 0 radical (unpaired) electrons. The minimum absolute atomic E-state index is 0.106. The zero-order valence-electron chi connectivity index (χ0n) is 12.0. The Morgan fingerprint density at radius 2 is 1.61 bits per heavy atom. The predicted octanol–water partition coefficient (Wildman–Crippen LogP) is 1.79. The molecular weight excluding hydrogens is 318 g/mol. The molecule has 23 heavy (non-hydrogen) atoms. The molecule has 0 spiro atoms. The number of imide groups is 1. The van der Waals surface area contributed by atoms with E-state index in [0.717, 1.165) is 0 Å². The van der Waals surface area contributed by atoms with Gasteiger partial charge in [-0.1, -0.05) is 23.3 Å². The SMILES string of the molecule is CS(=O)c1cccc(C(=O)ON2C(=O)c3ccccc3C2=O)c1. The molecule has 1 aliphatic rings. The van der Waals surface area contributed by atoms with Crippen molar-refractivity contribution in [2.24, 2.45) is 0 Å². The summed E-state index contributed by atoms with van der Waals surface area (Å²) in [5.41, 5.74) is 0.483. The van der Waals surface area contributed by atoms with E-state index in [4.69, 9.17) is 4.84 Å². The molecular formula is C16H11NO5S. The molecule has 2 aromatic rings. The van der Waals surface area contributed by atoms with Crippen molar-refractivity contribution in [3.63, 3.8) is 0 Å². The maximum Gasteiger partial charge on any atom is 0.363 e. The molecule has 2 amide bonds. The van der Waals surface area contributed by atoms with Gasteiger partial charge in [-0.25, -0.2) is 4.79 Å². The lowest BCUT2D eigenvalue weighted by molar-refractivity contribution is -0.0584. The summed E-state index contributed by atoms with van der Waals surface area (Å²) in [6, 6.07) is 12.2. The Morgan fingerprint density at radius 1 is 1.00 bits per heavy atom. The van der Waals surface area contributed by atoms with Gasteiger partial charge in [0.1, 0.15) is 0 Å². The number of hydrogen-bond donors (Lipinski definition) is 0. The highest BCUT2D eigenvalue weighted by Crippen LogP contribution is 2.23. The summed E-state index contributed by atoms with van der Waals surface area (Å²) in [6.45, 7) is 0. The number of amides is 2. The number of nitrogens with zero attached hydrogens (tertiary/aromatic N) is 1. The zero-order chi connectivity index (χ0) is 16.6. The molecule has 0 aromatic heterocycles. The fourth-order valence-electron chi connectivity index (χ4n) is 2.19. The summed E-state index contributed by atoms with van der Waals surface area (Å²) in [5, 5.41) is 0.447. The van der Waals surface area contributed by atoms with Crippen molar-refractivity contribution < 1.29 is 23.4 Å². The molecule has 2 aromatic carbocycles. The zero-order valence-corrected chi connectivity index (χ0v) is 12.8. The molecule has 0 bridgehead atoms. The first-order valence-corrected chi connectivity index (χ1v) is 8.18. The van der Waals surface area contributed by atoms with Gasteiger partial charge < -0.3 is 4.84 Å². The molecule has 0 fully saturated rings. The highest BCUT2D eigenvalue weighted by Gasteiger charge is 2.38. The van der Waals surface area contributed by atoms with Gasteiger partial charge in [-0.05, 0) is 30.3 Å². The van der Waals surface area contributed by atoms with E-state index in [0.29, 0.717) is 9.96 Å². The van der Waals surface area contributed by atoms with Gasteiger partial charge in [-0.15, -0.1) is 0 Å². The highest BCUT2D eigenvalue weighted by atomic mass is 32.2. The molecule has 1 aliphatic heterocycles. The molecule has 3 rings (SSSR count). The summed E-state index contributed by atoms with van der Waals surface area (Å²) in [5.74, 6) is -2.24. The van der Waals surface area contributed by atoms with Gasteiger partial charge in [0.05, 0.1) is 16.7 Å². The van der Waals surface area contributed by atoms with Crippen LogP contribution in [0.4, 0.5) is 0 Å². The van der Waals surface area contributed by atoms with E-state index in [1.165, 1.54) is 30.5 Å². The average Bonchev–Trinajstić information content (AvgIpc) is 2.80. The highest BCUT2D eigenvalue weighted by molar-refractivity contribution is 7.84. The second-order valence-corrected chi connectivity index (χ2v) is 6.19. The lowest BCUT2D eigenvalue weighted by Crippen LogP contribution is -2.32. The Kier molecular flexibility index (Phi) is 3.79. The summed E-state index contributed by atoms with van der Waals surface area (Å²) in [4.78, 5) is 41.8. The van der Waals surface area contributed by atoms with Gasteiger partial charge in [0, 0.05) is 22.0 Å². The van der Waals surface area contributed by atoms with Crippen molar-refractivity contribution in [1.82, 2.24) is 5.06 Å². The van der Waals surface area contributed by atoms with Gasteiger partial charge in [0.15, 0.2) is 0 Å². The van der Waals surface area contributed by atoms with Crippen LogP contribution in [0.5, 0.6) is 0 Å². The fourth-order valence-corrected chi connectivity index (χ4v) is 2.75. The number of hydrogen-bond acceptors (Lipinski definition) is 5. The Balaban J connectivity index is 1.85. The van der Waals surface area contributed by atoms with Crippen molar-refractivity contribution in [1.29, 1.82) is 0 Å². The van der Waals surface area contributed by atoms with Crippen molar-refractivity contribution in [3.05, 3.63) is 65.2 Å². The van der Waals surface area contributed by atoms with E-state index in [9.17, 15) is 18.6 Å². The Hall–Kier alpha value is -2.80. The molecule has 6 nitrogen and oxygen atoms in total. The van der Waals surface area contributed by atoms with E-state index in [1.807, 2.05) is 0 Å². The molecule has 1 heterocycles. The largest absolute Gasteiger partial charge is 0.363 e. The van der Waals surface area contributed by atoms with Crippen LogP contribution < -0.4 is 0 Å². The minimum atomic E-state index is -1.26. The quantitative estimate of drug-likeness (QED) is 0.802. The number of fused-ring (bicyclic) bond motifs is 1. The van der Waals surface area contributed by atoms with E-state index in [1.54, 1.807) is 24.3 Å². The minimum Gasteiger partial charge on any atom is -0.324 e. The van der Waals surface area contributed by atoms with Crippen LogP contribution in [0.1, 0.15) is 31.1 Å². The Bertz CT molecular complexity index is 826. The second kappa shape index (κ2) is 5.77. The lowest BCUT2D eigenvalue weighted by Gasteiger charge is -2.12. The lowest BCUT2D eigenvalue weighted by atomic mass is 10.1. The molecule has 0 saturated heterocycles. The van der Waals surface area contributed by atoms with Crippen molar-refractivity contribution in [2.75, 3.05) is 6.26 Å². The third kappa shape index (κ3) is 2.66. The maximum absolute atomic E-state index is 12.2. The summed E-state index contributed by atoms with van der Waals surface area (Å²) in [6.07, 6.45) is 1.48. The summed E-state index contributed by atoms with van der Waals surface area (Å²) >= 11 is 0. The second-order valence-electron chi connectivity index (χ2n) is 4.81. The molecule has 116 valence electrons. The van der Waals surface area contributed by atoms with Crippen LogP contribution in [-0.2, 0) is 15.6 Å². The maximum atomic E-state index is 12.2. The van der Waals surface area contributed by atoms with E-state index < -0.39 is 28.6 Å². The number of benzene rings is 2. The molecule has 0 aliphatic carbocycles. The first-order valence-electron chi connectivity index (χ1n) is 6.62. The third-order valence-electron chi connectivity index (χ3n) is 3.33. The standard InChI is InChI=1S/C16H11NO5S/c1-23(21)11-6-4-5-10(9-11)16(20)22-17-14(18)12-7-2-3-8-13(12)15(17)19/h2-9H,1H3. The topological polar surface area (TPSA) is 80.8 Å². The first kappa shape index (κ1) is 15.1. The number of hydroxylamine groups is 2. The van der Waals surface area contributed by atoms with Gasteiger partial charge in [-0.3, -0.25) is 13.8 Å². The molecule has 0 N–H and O–H groups in total. The molecule has 1 atom stereocenters. The average molecular weight is 329 g/mol. The van der Waals surface area contributed by atoms with Crippen LogP contribution in [0.25, 0.3) is 0 Å². The summed E-state index contributed by atoms with van der Waals surface area (Å²) in [7, 11) is -1.26. The van der Waals surface area contributed by atoms with Gasteiger partial charge in [-0.2, -0.15) is 0 Å². The summed E-state index contributed by atoms with van der Waals surface area (Å²) < 4.78 is 11.5. The van der Waals surface area contributed by atoms with E-state index >= 15 is 0 Å². The van der Waals surface area contributed by atoms with Crippen LogP contribution in [0.3, 0.4) is 0 Å². The molecule has 1 unspecified atom stereocenters. The first-order chi connectivity index (χ1) is 11.0. The number of carbonyl (C=O) groups excluding carboxylic acids is 3. The smallest absolute Gasteiger partial charge is 0.324 e. The van der Waals surface area contributed by atoms with Crippen LogP contribution in [0.2, 0.25) is 0 Å². The van der Waals surface area contributed by atoms with Crippen LogP contribution in [0, 0.1) is 0 Å². The molecule has 7 heteroatoms. The number of rotatable bonds is 3. The predicted molar refractivity (Wildman–Crippen MR) is 81.1 cm³/mol. The van der Waals surface area contributed by atoms with Crippen molar-refractivity contribution in [2.45, 2.75) is 4.90 Å². The normalized spacial score (nSPS) is 14.6. The number of carbonyl (C=O) groups is 3. The monoisotopic (exact) mass is 329 g/mol. The third-order valence-corrected chi connectivity index (χ3v) is 4.25. The molecule has 0 saturated carbocycles. The van der Waals surface area contributed by atoms with E-state index in [2.05, 4.69) is 0 Å².